The minimum Gasteiger partial charge on any atom is -0.456 e. The van der Waals surface area contributed by atoms with Gasteiger partial charge in [-0.05, 0) is 126 Å². The van der Waals surface area contributed by atoms with E-state index in [1.165, 1.54) is 60.8 Å². The highest BCUT2D eigenvalue weighted by molar-refractivity contribution is 6.12. The summed E-state index contributed by atoms with van der Waals surface area (Å²) in [5.74, 6) is 0. The van der Waals surface area contributed by atoms with Crippen LogP contribution in [0.25, 0.3) is 116 Å². The standard InChI is InChI=1S/C54H34N2O2/c1-5-13-47-39(9-1)40-10-2-6-14-48(40)55(47)37-23-25-50-43(31-37)41-11-3-7-15-49(41)56(50)38-24-28-54-46(32-38)45-30-36(22-27-53(45)58-54)34-19-17-33(18-20-34)35-21-26-52-44(29-35)42-12-4-8-16-51(42)57-52/h1,3-9,11-32H,2,10H2. The van der Waals surface area contributed by atoms with Gasteiger partial charge in [0, 0.05) is 54.8 Å². The Bertz CT molecular complexity index is 3680. The van der Waals surface area contributed by atoms with Crippen LogP contribution in [0.5, 0.6) is 0 Å². The van der Waals surface area contributed by atoms with Crippen molar-refractivity contribution in [2.45, 2.75) is 12.8 Å². The van der Waals surface area contributed by atoms with Crippen molar-refractivity contribution in [1.82, 2.24) is 9.13 Å². The first kappa shape index (κ1) is 31.6. The Kier molecular flexibility index (Phi) is 6.53. The maximum atomic E-state index is 6.44. The van der Waals surface area contributed by atoms with E-state index in [9.17, 15) is 0 Å². The number of nitrogens with zero attached hydrogens (tertiary/aromatic N) is 2. The average molecular weight is 743 g/mol. The summed E-state index contributed by atoms with van der Waals surface area (Å²) in [6.45, 7) is 0. The molecule has 0 unspecified atom stereocenters. The predicted molar refractivity (Wildman–Crippen MR) is 240 cm³/mol. The van der Waals surface area contributed by atoms with Crippen molar-refractivity contribution in [2.24, 2.45) is 0 Å². The Morgan fingerprint density at radius 2 is 0.862 bits per heavy atom. The van der Waals surface area contributed by atoms with Gasteiger partial charge in [-0.1, -0.05) is 97.1 Å². The van der Waals surface area contributed by atoms with Crippen molar-refractivity contribution >= 4 is 82.7 Å². The summed E-state index contributed by atoms with van der Waals surface area (Å²) in [7, 11) is 0. The summed E-state index contributed by atoms with van der Waals surface area (Å²) in [5.41, 5.74) is 16.9. The topological polar surface area (TPSA) is 36.1 Å². The summed E-state index contributed by atoms with van der Waals surface area (Å²) in [6, 6.07) is 61.3. The molecular weight excluding hydrogens is 709 g/mol. The first-order valence-electron chi connectivity index (χ1n) is 20.0. The maximum Gasteiger partial charge on any atom is 0.135 e. The number of rotatable bonds is 4. The lowest BCUT2D eigenvalue weighted by atomic mass is 9.98. The zero-order chi connectivity index (χ0) is 37.9. The van der Waals surface area contributed by atoms with Gasteiger partial charge in [-0.15, -0.1) is 0 Å². The first-order valence-corrected chi connectivity index (χ1v) is 20.0. The Morgan fingerprint density at radius 1 is 0.362 bits per heavy atom. The molecular formula is C54H34N2O2. The van der Waals surface area contributed by atoms with Crippen LogP contribution in [0.3, 0.4) is 0 Å². The van der Waals surface area contributed by atoms with E-state index in [1.807, 2.05) is 12.1 Å². The molecule has 0 fully saturated rings. The number of benzene rings is 8. The fourth-order valence-electron chi connectivity index (χ4n) is 9.69. The van der Waals surface area contributed by atoms with E-state index in [1.54, 1.807) is 0 Å². The molecule has 13 rings (SSSR count). The number of hydrogen-bond acceptors (Lipinski definition) is 2. The van der Waals surface area contributed by atoms with Crippen LogP contribution >= 0.6 is 0 Å². The van der Waals surface area contributed by atoms with E-state index in [0.29, 0.717) is 0 Å². The normalized spacial score (nSPS) is 13.0. The number of allylic oxidation sites excluding steroid dienone is 1. The monoisotopic (exact) mass is 742 g/mol. The van der Waals surface area contributed by atoms with Gasteiger partial charge in [-0.3, -0.25) is 0 Å². The molecule has 0 radical (unpaired) electrons. The lowest BCUT2D eigenvalue weighted by Gasteiger charge is -2.13. The number of aryl methyl sites for hydroxylation is 1. The molecule has 12 aromatic rings. The van der Waals surface area contributed by atoms with Gasteiger partial charge >= 0.3 is 0 Å². The molecule has 4 aromatic heterocycles. The Balaban J connectivity index is 0.907. The van der Waals surface area contributed by atoms with Gasteiger partial charge in [0.15, 0.2) is 0 Å². The largest absolute Gasteiger partial charge is 0.456 e. The Labute approximate surface area is 333 Å². The second-order valence-corrected chi connectivity index (χ2v) is 15.6. The zero-order valence-corrected chi connectivity index (χ0v) is 31.4. The van der Waals surface area contributed by atoms with Gasteiger partial charge in [-0.25, -0.2) is 0 Å². The minimum absolute atomic E-state index is 0.883. The van der Waals surface area contributed by atoms with Crippen LogP contribution in [0, 0.1) is 0 Å². The highest BCUT2D eigenvalue weighted by atomic mass is 16.3. The fraction of sp³-hybridized carbons (Fsp3) is 0.0370. The second-order valence-electron chi connectivity index (χ2n) is 15.6. The highest BCUT2D eigenvalue weighted by Gasteiger charge is 2.20. The van der Waals surface area contributed by atoms with E-state index < -0.39 is 0 Å². The quantitative estimate of drug-likeness (QED) is 0.180. The average Bonchev–Trinajstić information content (AvgIpc) is 4.03. The predicted octanol–water partition coefficient (Wildman–Crippen LogP) is 14.8. The van der Waals surface area contributed by atoms with Crippen molar-refractivity contribution in [2.75, 3.05) is 0 Å². The second kappa shape index (κ2) is 12.0. The molecule has 0 amide bonds. The molecule has 58 heavy (non-hydrogen) atoms. The molecule has 0 saturated heterocycles. The molecule has 0 atom stereocenters. The van der Waals surface area contributed by atoms with Gasteiger partial charge in [0.1, 0.15) is 22.3 Å². The molecule has 4 heterocycles. The fourth-order valence-corrected chi connectivity index (χ4v) is 9.69. The smallest absolute Gasteiger partial charge is 0.135 e. The van der Waals surface area contributed by atoms with Crippen molar-refractivity contribution in [3.63, 3.8) is 0 Å². The molecule has 1 aliphatic rings. The summed E-state index contributed by atoms with van der Waals surface area (Å²) >= 11 is 0. The highest BCUT2D eigenvalue weighted by Crippen LogP contribution is 2.40. The van der Waals surface area contributed by atoms with E-state index in [-0.39, 0.29) is 0 Å². The summed E-state index contributed by atoms with van der Waals surface area (Å²) in [5, 5.41) is 8.32. The molecule has 272 valence electrons. The number of aromatic nitrogens is 2. The third kappa shape index (κ3) is 4.57. The van der Waals surface area contributed by atoms with Crippen LogP contribution in [-0.4, -0.2) is 9.13 Å². The summed E-state index contributed by atoms with van der Waals surface area (Å²) in [4.78, 5) is 0. The van der Waals surface area contributed by atoms with Crippen LogP contribution in [0.2, 0.25) is 0 Å². The molecule has 1 aliphatic carbocycles. The summed E-state index contributed by atoms with van der Waals surface area (Å²) in [6.07, 6.45) is 6.77. The van der Waals surface area contributed by atoms with Gasteiger partial charge in [0.2, 0.25) is 0 Å². The van der Waals surface area contributed by atoms with Crippen LogP contribution in [0.4, 0.5) is 0 Å². The van der Waals surface area contributed by atoms with E-state index >= 15 is 0 Å². The Morgan fingerprint density at radius 3 is 1.60 bits per heavy atom. The van der Waals surface area contributed by atoms with Gasteiger partial charge < -0.3 is 18.0 Å². The molecule has 8 aromatic carbocycles. The molecule has 0 spiro atoms. The Hall–Kier alpha value is -7.56. The zero-order valence-electron chi connectivity index (χ0n) is 31.4. The van der Waals surface area contributed by atoms with Crippen LogP contribution < -0.4 is 0 Å². The molecule has 0 bridgehead atoms. The number of fused-ring (bicyclic) bond motifs is 12. The van der Waals surface area contributed by atoms with Gasteiger partial charge in [0.25, 0.3) is 0 Å². The van der Waals surface area contributed by atoms with Crippen molar-refractivity contribution in [3.05, 3.63) is 187 Å². The number of para-hydroxylation sites is 3. The van der Waals surface area contributed by atoms with E-state index in [4.69, 9.17) is 8.83 Å². The molecule has 0 saturated carbocycles. The first-order chi connectivity index (χ1) is 28.7. The SMILES string of the molecule is C1=Cc2c(c3ccccc3n2-c2ccc3c(c2)c2ccccc2n3-c2ccc3oc4ccc(-c5ccc(-c6ccc7oc8ccccc8c7c6)cc5)cc4c3c2)CC1. The van der Waals surface area contributed by atoms with Gasteiger partial charge in [0.05, 0.1) is 16.6 Å². The summed E-state index contributed by atoms with van der Waals surface area (Å²) < 4.78 is 17.4. The van der Waals surface area contributed by atoms with Crippen molar-refractivity contribution in [1.29, 1.82) is 0 Å². The minimum atomic E-state index is 0.883. The van der Waals surface area contributed by atoms with Crippen LogP contribution in [0.1, 0.15) is 17.7 Å². The van der Waals surface area contributed by atoms with Gasteiger partial charge in [-0.2, -0.15) is 0 Å². The molecule has 4 heteroatoms. The number of hydrogen-bond donors (Lipinski definition) is 0. The maximum absolute atomic E-state index is 6.44. The van der Waals surface area contributed by atoms with E-state index in [2.05, 4.69) is 179 Å². The third-order valence-corrected chi connectivity index (χ3v) is 12.4. The van der Waals surface area contributed by atoms with Crippen LogP contribution in [0.15, 0.2) is 185 Å². The lowest BCUT2D eigenvalue weighted by molar-refractivity contribution is 0.668. The lowest BCUT2D eigenvalue weighted by Crippen LogP contribution is -2.00. The van der Waals surface area contributed by atoms with Crippen LogP contribution in [-0.2, 0) is 6.42 Å². The van der Waals surface area contributed by atoms with E-state index in [0.717, 1.165) is 73.5 Å². The molecule has 0 N–H and O–H groups in total. The van der Waals surface area contributed by atoms with Crippen molar-refractivity contribution < 1.29 is 8.83 Å². The molecule has 0 aliphatic heterocycles. The number of furan rings is 2. The van der Waals surface area contributed by atoms with Crippen molar-refractivity contribution in [3.8, 4) is 33.6 Å². The molecule has 4 nitrogen and oxygen atoms in total. The third-order valence-electron chi connectivity index (χ3n) is 12.4.